The van der Waals surface area contributed by atoms with Crippen LogP contribution in [0, 0.1) is 5.92 Å². The van der Waals surface area contributed by atoms with Crippen LogP contribution in [0.1, 0.15) is 26.6 Å². The number of nitrogens with two attached hydrogens (primary N) is 1. The van der Waals surface area contributed by atoms with Crippen molar-refractivity contribution in [3.63, 3.8) is 0 Å². The Morgan fingerprint density at radius 2 is 2.18 bits per heavy atom. The molecule has 0 radical (unpaired) electrons. The van der Waals surface area contributed by atoms with Crippen LogP contribution in [-0.4, -0.2) is 20.6 Å². The highest BCUT2D eigenvalue weighted by Crippen LogP contribution is 2.21. The normalized spacial score (nSPS) is 16.8. The lowest BCUT2D eigenvalue weighted by molar-refractivity contribution is 0.331. The van der Waals surface area contributed by atoms with Gasteiger partial charge in [-0.3, -0.25) is 0 Å². The van der Waals surface area contributed by atoms with Gasteiger partial charge in [0.25, 0.3) is 0 Å². The number of tetrazole rings is 1. The van der Waals surface area contributed by atoms with Gasteiger partial charge in [0.1, 0.15) is 0 Å². The molecule has 1 aromatic rings. The molecule has 0 fully saturated rings. The van der Waals surface area contributed by atoms with Crippen LogP contribution in [0.5, 0.6) is 0 Å². The standard InChI is InChI=1S/C6H13N5/c1-4(2)6(3,7)5-8-10-11-9-5/h4H,7H2,1-3H3,(H,8,9,10,11). The summed E-state index contributed by atoms with van der Waals surface area (Å²) in [5, 5.41) is 13.5. The fourth-order valence-electron chi connectivity index (χ4n) is 0.648. The van der Waals surface area contributed by atoms with Gasteiger partial charge in [0.15, 0.2) is 5.82 Å². The predicted molar refractivity (Wildman–Crippen MR) is 40.6 cm³/mol. The smallest absolute Gasteiger partial charge is 0.194 e. The van der Waals surface area contributed by atoms with E-state index in [1.807, 2.05) is 20.8 Å². The van der Waals surface area contributed by atoms with Crippen LogP contribution in [0.2, 0.25) is 0 Å². The number of hydrogen-bond donors (Lipinski definition) is 2. The van der Waals surface area contributed by atoms with Crippen molar-refractivity contribution in [1.29, 1.82) is 0 Å². The summed E-state index contributed by atoms with van der Waals surface area (Å²) in [5.41, 5.74) is 5.45. The summed E-state index contributed by atoms with van der Waals surface area (Å²) in [6.45, 7) is 5.94. The zero-order valence-corrected chi connectivity index (χ0v) is 7.00. The third-order valence-corrected chi connectivity index (χ3v) is 2.03. The summed E-state index contributed by atoms with van der Waals surface area (Å²) < 4.78 is 0. The Kier molecular flexibility index (Phi) is 1.90. The average Bonchev–Trinajstić information content (AvgIpc) is 2.37. The van der Waals surface area contributed by atoms with Crippen LogP contribution in [0.15, 0.2) is 0 Å². The minimum atomic E-state index is -0.493. The van der Waals surface area contributed by atoms with Gasteiger partial charge in [0.2, 0.25) is 0 Å². The third kappa shape index (κ3) is 1.37. The van der Waals surface area contributed by atoms with Gasteiger partial charge in [-0.2, -0.15) is 5.21 Å². The SMILES string of the molecule is CC(C)C(C)(N)c1nn[nH]n1. The molecule has 0 saturated carbocycles. The molecule has 0 aromatic carbocycles. The summed E-state index contributed by atoms with van der Waals surface area (Å²) in [4.78, 5) is 0. The van der Waals surface area contributed by atoms with Crippen molar-refractivity contribution in [2.24, 2.45) is 11.7 Å². The highest BCUT2D eigenvalue weighted by Gasteiger charge is 2.29. The molecular weight excluding hydrogens is 142 g/mol. The van der Waals surface area contributed by atoms with Crippen molar-refractivity contribution < 1.29 is 0 Å². The summed E-state index contributed by atoms with van der Waals surface area (Å²) >= 11 is 0. The lowest BCUT2D eigenvalue weighted by Crippen LogP contribution is -2.39. The molecular formula is C6H13N5. The van der Waals surface area contributed by atoms with Crippen molar-refractivity contribution in [2.45, 2.75) is 26.3 Å². The minimum Gasteiger partial charge on any atom is -0.319 e. The van der Waals surface area contributed by atoms with Gasteiger partial charge in [-0.25, -0.2) is 0 Å². The summed E-state index contributed by atoms with van der Waals surface area (Å²) in [6, 6.07) is 0. The summed E-state index contributed by atoms with van der Waals surface area (Å²) in [5.74, 6) is 0.854. The zero-order valence-electron chi connectivity index (χ0n) is 7.00. The third-order valence-electron chi connectivity index (χ3n) is 2.03. The van der Waals surface area contributed by atoms with Crippen LogP contribution < -0.4 is 5.73 Å². The lowest BCUT2D eigenvalue weighted by Gasteiger charge is -2.24. The number of hydrogen-bond acceptors (Lipinski definition) is 4. The van der Waals surface area contributed by atoms with E-state index >= 15 is 0 Å². The molecule has 0 saturated heterocycles. The number of nitrogens with one attached hydrogen (secondary N) is 1. The molecule has 1 aromatic heterocycles. The van der Waals surface area contributed by atoms with Crippen molar-refractivity contribution in [2.75, 3.05) is 0 Å². The molecule has 0 bridgehead atoms. The Morgan fingerprint density at radius 1 is 1.55 bits per heavy atom. The van der Waals surface area contributed by atoms with Gasteiger partial charge < -0.3 is 5.73 Å². The van der Waals surface area contributed by atoms with Gasteiger partial charge >= 0.3 is 0 Å². The van der Waals surface area contributed by atoms with Gasteiger partial charge in [-0.15, -0.1) is 10.2 Å². The van der Waals surface area contributed by atoms with E-state index in [1.54, 1.807) is 0 Å². The van der Waals surface area contributed by atoms with E-state index in [0.29, 0.717) is 11.7 Å². The zero-order chi connectivity index (χ0) is 8.48. The van der Waals surface area contributed by atoms with Crippen LogP contribution >= 0.6 is 0 Å². The van der Waals surface area contributed by atoms with Crippen LogP contribution in [0.4, 0.5) is 0 Å². The van der Waals surface area contributed by atoms with E-state index < -0.39 is 5.54 Å². The number of aromatic nitrogens is 4. The second-order valence-electron chi connectivity index (χ2n) is 3.17. The molecule has 0 aliphatic rings. The molecule has 5 heteroatoms. The van der Waals surface area contributed by atoms with E-state index in [2.05, 4.69) is 20.6 Å². The fraction of sp³-hybridized carbons (Fsp3) is 0.833. The molecule has 0 aliphatic carbocycles. The largest absolute Gasteiger partial charge is 0.319 e. The Morgan fingerprint density at radius 3 is 2.55 bits per heavy atom. The Hall–Kier alpha value is -0.970. The molecule has 11 heavy (non-hydrogen) atoms. The topological polar surface area (TPSA) is 80.5 Å². The van der Waals surface area contributed by atoms with Gasteiger partial charge in [0, 0.05) is 0 Å². The number of aromatic amines is 1. The Labute approximate surface area is 65.4 Å². The molecule has 1 atom stereocenters. The summed E-state index contributed by atoms with van der Waals surface area (Å²) in [6.07, 6.45) is 0. The maximum Gasteiger partial charge on any atom is 0.194 e. The minimum absolute atomic E-state index is 0.292. The maximum absolute atomic E-state index is 5.94. The molecule has 0 spiro atoms. The van der Waals surface area contributed by atoms with Crippen molar-refractivity contribution >= 4 is 0 Å². The molecule has 0 aliphatic heterocycles. The predicted octanol–water partition coefficient (Wildman–Crippen LogP) is 0.0296. The monoisotopic (exact) mass is 155 g/mol. The molecule has 3 N–H and O–H groups in total. The van der Waals surface area contributed by atoms with Crippen molar-refractivity contribution in [3.8, 4) is 0 Å². The van der Waals surface area contributed by atoms with E-state index in [4.69, 9.17) is 5.73 Å². The molecule has 5 nitrogen and oxygen atoms in total. The molecule has 1 heterocycles. The first-order chi connectivity index (χ1) is 5.05. The highest BCUT2D eigenvalue weighted by molar-refractivity contribution is 4.99. The van der Waals surface area contributed by atoms with E-state index in [-0.39, 0.29) is 0 Å². The van der Waals surface area contributed by atoms with Crippen molar-refractivity contribution in [3.05, 3.63) is 5.82 Å². The number of nitrogens with zero attached hydrogens (tertiary/aromatic N) is 3. The molecule has 0 amide bonds. The van der Waals surface area contributed by atoms with Crippen LogP contribution in [0.25, 0.3) is 0 Å². The Balaban J connectivity index is 2.90. The van der Waals surface area contributed by atoms with Crippen LogP contribution in [-0.2, 0) is 5.54 Å². The van der Waals surface area contributed by atoms with Gasteiger partial charge in [-0.05, 0) is 12.8 Å². The van der Waals surface area contributed by atoms with Gasteiger partial charge in [-0.1, -0.05) is 19.1 Å². The lowest BCUT2D eigenvalue weighted by atomic mass is 9.89. The van der Waals surface area contributed by atoms with E-state index in [1.165, 1.54) is 0 Å². The first-order valence-corrected chi connectivity index (χ1v) is 3.58. The summed E-state index contributed by atoms with van der Waals surface area (Å²) in [7, 11) is 0. The first-order valence-electron chi connectivity index (χ1n) is 3.58. The van der Waals surface area contributed by atoms with Crippen LogP contribution in [0.3, 0.4) is 0 Å². The highest BCUT2D eigenvalue weighted by atomic mass is 15.5. The second-order valence-corrected chi connectivity index (χ2v) is 3.17. The average molecular weight is 155 g/mol. The van der Waals surface area contributed by atoms with Gasteiger partial charge in [0.05, 0.1) is 5.54 Å². The fourth-order valence-corrected chi connectivity index (χ4v) is 0.648. The quantitative estimate of drug-likeness (QED) is 0.631. The maximum atomic E-state index is 5.94. The number of H-pyrrole nitrogens is 1. The molecule has 62 valence electrons. The Bertz CT molecular complexity index is 213. The van der Waals surface area contributed by atoms with E-state index in [0.717, 1.165) is 0 Å². The second kappa shape index (κ2) is 2.58. The number of rotatable bonds is 2. The first kappa shape index (κ1) is 8.13. The molecule has 1 rings (SSSR count). The van der Waals surface area contributed by atoms with Crippen molar-refractivity contribution in [1.82, 2.24) is 20.6 Å². The van der Waals surface area contributed by atoms with E-state index in [9.17, 15) is 0 Å². The molecule has 1 unspecified atom stereocenters.